The largest absolute Gasteiger partial charge is 0.299 e. The molecule has 14 heavy (non-hydrogen) atoms. The molecule has 2 rings (SSSR count). The molecule has 0 saturated carbocycles. The molecule has 1 aromatic rings. The molecule has 0 N–H and O–H groups in total. The Hall–Kier alpha value is -1.08. The van der Waals surface area contributed by atoms with E-state index in [4.69, 9.17) is 11.6 Å². The van der Waals surface area contributed by atoms with Crippen molar-refractivity contribution in [3.8, 4) is 0 Å². The fourth-order valence-electron chi connectivity index (χ4n) is 1.88. The number of hydrogen-bond acceptors (Lipinski definition) is 1. The van der Waals surface area contributed by atoms with E-state index >= 15 is 0 Å². The summed E-state index contributed by atoms with van der Waals surface area (Å²) < 4.78 is 0. The second-order valence-corrected chi connectivity index (χ2v) is 3.89. The van der Waals surface area contributed by atoms with Crippen LogP contribution in [0.4, 0.5) is 0 Å². The van der Waals surface area contributed by atoms with Gasteiger partial charge in [0.05, 0.1) is 5.03 Å². The van der Waals surface area contributed by atoms with Crippen LogP contribution in [-0.4, -0.2) is 6.29 Å². The number of carbonyl (C=O) groups excluding carboxylic acids is 1. The number of rotatable bonds is 2. The highest BCUT2D eigenvalue weighted by atomic mass is 35.5. The number of halogens is 1. The molecule has 0 heterocycles. The average Bonchev–Trinajstić information content (AvgIpc) is 2.64. The lowest BCUT2D eigenvalue weighted by atomic mass is 10.1. The summed E-state index contributed by atoms with van der Waals surface area (Å²) in [5.41, 5.74) is 3.74. The number of allylic oxidation sites excluding steroid dienone is 1. The highest BCUT2D eigenvalue weighted by Crippen LogP contribution is 2.27. The molecule has 0 spiro atoms. The smallest absolute Gasteiger partial charge is 0.144 e. The molecule has 1 aliphatic rings. The molecule has 72 valence electrons. The van der Waals surface area contributed by atoms with Gasteiger partial charge in [-0.1, -0.05) is 23.7 Å². The van der Waals surface area contributed by atoms with E-state index < -0.39 is 0 Å². The summed E-state index contributed by atoms with van der Waals surface area (Å²) in [5, 5.41) is 0.523. The van der Waals surface area contributed by atoms with Crippen molar-refractivity contribution in [1.82, 2.24) is 0 Å². The molecule has 0 saturated heterocycles. The van der Waals surface area contributed by atoms with Gasteiger partial charge in [-0.15, -0.1) is 0 Å². The summed E-state index contributed by atoms with van der Waals surface area (Å²) in [6, 6.07) is 6.18. The molecule has 0 atom stereocenters. The van der Waals surface area contributed by atoms with Gasteiger partial charge >= 0.3 is 0 Å². The lowest BCUT2D eigenvalue weighted by Crippen LogP contribution is -1.85. The Kier molecular flexibility index (Phi) is 2.69. The van der Waals surface area contributed by atoms with Crippen molar-refractivity contribution >= 4 is 22.9 Å². The average molecular weight is 207 g/mol. The number of fused-ring (bicyclic) bond motifs is 1. The lowest BCUT2D eigenvalue weighted by molar-refractivity contribution is -0.104. The number of aryl methyl sites for hydroxylation is 2. The summed E-state index contributed by atoms with van der Waals surface area (Å²) in [7, 11) is 0. The third kappa shape index (κ3) is 1.73. The Morgan fingerprint density at radius 1 is 1.29 bits per heavy atom. The van der Waals surface area contributed by atoms with Crippen molar-refractivity contribution in [3.63, 3.8) is 0 Å². The van der Waals surface area contributed by atoms with Crippen LogP contribution in [0.5, 0.6) is 0 Å². The van der Waals surface area contributed by atoms with Crippen LogP contribution in [-0.2, 0) is 17.6 Å². The minimum Gasteiger partial charge on any atom is -0.299 e. The predicted octanol–water partition coefficient (Wildman–Crippen LogP) is 2.95. The molecule has 0 amide bonds. The van der Waals surface area contributed by atoms with Crippen molar-refractivity contribution in [2.75, 3.05) is 0 Å². The van der Waals surface area contributed by atoms with E-state index in [1.165, 1.54) is 30.0 Å². The number of aldehydes is 1. The Balaban J connectivity index is 2.37. The molecule has 0 radical (unpaired) electrons. The molecule has 0 unspecified atom stereocenters. The maximum Gasteiger partial charge on any atom is 0.144 e. The van der Waals surface area contributed by atoms with Gasteiger partial charge < -0.3 is 0 Å². The first-order chi connectivity index (χ1) is 6.81. The predicted molar refractivity (Wildman–Crippen MR) is 58.4 cm³/mol. The molecule has 1 aromatic carbocycles. The summed E-state index contributed by atoms with van der Waals surface area (Å²) in [6.07, 6.45) is 5.64. The zero-order chi connectivity index (χ0) is 9.97. The maximum absolute atomic E-state index is 10.3. The van der Waals surface area contributed by atoms with Gasteiger partial charge in [-0.25, -0.2) is 0 Å². The minimum absolute atomic E-state index is 0.523. The van der Waals surface area contributed by atoms with Crippen LogP contribution in [0.1, 0.15) is 23.1 Å². The fraction of sp³-hybridized carbons (Fsp3) is 0.250. The van der Waals surface area contributed by atoms with E-state index in [0.717, 1.165) is 18.3 Å². The van der Waals surface area contributed by atoms with E-state index in [-0.39, 0.29) is 0 Å². The van der Waals surface area contributed by atoms with Crippen molar-refractivity contribution in [3.05, 3.63) is 41.0 Å². The summed E-state index contributed by atoms with van der Waals surface area (Å²) in [4.78, 5) is 10.3. The number of hydrogen-bond donors (Lipinski definition) is 0. The second-order valence-electron chi connectivity index (χ2n) is 3.49. The number of carbonyl (C=O) groups is 1. The molecule has 0 aliphatic heterocycles. The first kappa shape index (κ1) is 9.47. The first-order valence-corrected chi connectivity index (χ1v) is 5.12. The first-order valence-electron chi connectivity index (χ1n) is 4.74. The summed E-state index contributed by atoms with van der Waals surface area (Å²) in [5.74, 6) is 0. The van der Waals surface area contributed by atoms with Crippen LogP contribution in [0.2, 0.25) is 0 Å². The van der Waals surface area contributed by atoms with E-state index in [1.54, 1.807) is 0 Å². The van der Waals surface area contributed by atoms with E-state index in [2.05, 4.69) is 12.1 Å². The van der Waals surface area contributed by atoms with Gasteiger partial charge in [0.2, 0.25) is 0 Å². The maximum atomic E-state index is 10.3. The van der Waals surface area contributed by atoms with Crippen LogP contribution < -0.4 is 0 Å². The minimum atomic E-state index is 0.523. The number of benzene rings is 1. The van der Waals surface area contributed by atoms with Gasteiger partial charge in [0.15, 0.2) is 0 Å². The van der Waals surface area contributed by atoms with Crippen LogP contribution in [0.25, 0.3) is 5.03 Å². The normalized spacial score (nSPS) is 15.4. The fourth-order valence-corrected chi connectivity index (χ4v) is 2.05. The third-order valence-corrected chi connectivity index (χ3v) is 2.93. The van der Waals surface area contributed by atoms with Gasteiger partial charge in [0.25, 0.3) is 0 Å². The van der Waals surface area contributed by atoms with Crippen molar-refractivity contribution in [2.45, 2.75) is 19.3 Å². The van der Waals surface area contributed by atoms with Gasteiger partial charge in [-0.05, 0) is 48.1 Å². The monoisotopic (exact) mass is 206 g/mol. The Labute approximate surface area is 88.4 Å². The van der Waals surface area contributed by atoms with Crippen molar-refractivity contribution < 1.29 is 4.79 Å². The van der Waals surface area contributed by atoms with E-state index in [0.29, 0.717) is 5.03 Å². The van der Waals surface area contributed by atoms with Gasteiger partial charge in [-0.3, -0.25) is 4.79 Å². The molecule has 2 heteroatoms. The van der Waals surface area contributed by atoms with E-state index in [9.17, 15) is 4.79 Å². The molecule has 1 aliphatic carbocycles. The molecular formula is C12H11ClO. The van der Waals surface area contributed by atoms with E-state index in [1.807, 2.05) is 6.07 Å². The van der Waals surface area contributed by atoms with Gasteiger partial charge in [0.1, 0.15) is 6.29 Å². The zero-order valence-electron chi connectivity index (χ0n) is 7.79. The summed E-state index contributed by atoms with van der Waals surface area (Å²) in [6.45, 7) is 0. The SMILES string of the molecule is O=CC=C(Cl)c1ccc2c(c1)CCC2. The van der Waals surface area contributed by atoms with Crippen LogP contribution in [0.15, 0.2) is 24.3 Å². The lowest BCUT2D eigenvalue weighted by Gasteiger charge is -2.02. The molecule has 0 bridgehead atoms. The van der Waals surface area contributed by atoms with Crippen LogP contribution in [0.3, 0.4) is 0 Å². The zero-order valence-corrected chi connectivity index (χ0v) is 8.55. The molecule has 0 fully saturated rings. The van der Waals surface area contributed by atoms with Gasteiger partial charge in [-0.2, -0.15) is 0 Å². The van der Waals surface area contributed by atoms with Crippen LogP contribution in [0, 0.1) is 0 Å². The standard InChI is InChI=1S/C12H11ClO/c13-12(6-7-14)11-5-4-9-2-1-3-10(9)8-11/h4-8H,1-3H2. The third-order valence-electron chi connectivity index (χ3n) is 2.59. The second kappa shape index (κ2) is 3.97. The van der Waals surface area contributed by atoms with Crippen molar-refractivity contribution in [1.29, 1.82) is 0 Å². The Morgan fingerprint density at radius 3 is 2.86 bits per heavy atom. The Bertz CT molecular complexity index is 393. The molecular weight excluding hydrogens is 196 g/mol. The highest BCUT2D eigenvalue weighted by Gasteiger charge is 2.11. The molecule has 0 aromatic heterocycles. The van der Waals surface area contributed by atoms with Crippen LogP contribution >= 0.6 is 11.6 Å². The van der Waals surface area contributed by atoms with Crippen molar-refractivity contribution in [2.24, 2.45) is 0 Å². The molecule has 1 nitrogen and oxygen atoms in total. The quantitative estimate of drug-likeness (QED) is 0.537. The summed E-state index contributed by atoms with van der Waals surface area (Å²) >= 11 is 5.94. The Morgan fingerprint density at radius 2 is 2.07 bits per heavy atom. The highest BCUT2D eigenvalue weighted by molar-refractivity contribution is 6.49. The van der Waals surface area contributed by atoms with Gasteiger partial charge in [0, 0.05) is 0 Å². The topological polar surface area (TPSA) is 17.1 Å².